The summed E-state index contributed by atoms with van der Waals surface area (Å²) in [6, 6.07) is 19.4. The quantitative estimate of drug-likeness (QED) is 0.767. The number of hydrogen-bond donors (Lipinski definition) is 2. The summed E-state index contributed by atoms with van der Waals surface area (Å²) < 4.78 is 0. The monoisotopic (exact) mass is 325 g/mol. The first-order chi connectivity index (χ1) is 11.9. The molecule has 0 atom stereocenters. The molecule has 1 aliphatic rings. The van der Waals surface area contributed by atoms with Crippen molar-refractivity contribution in [3.05, 3.63) is 54.6 Å². The molecular weight excluding hydrogens is 298 g/mol. The summed E-state index contributed by atoms with van der Waals surface area (Å²) in [5.41, 5.74) is 3.77. The Morgan fingerprint density at radius 3 is 1.92 bits per heavy atom. The lowest BCUT2D eigenvalue weighted by Gasteiger charge is -2.37. The second-order valence-electron chi connectivity index (χ2n) is 6.21. The number of anilines is 3. The third kappa shape index (κ3) is 4.42. The average Bonchev–Trinajstić information content (AvgIpc) is 2.67. The summed E-state index contributed by atoms with van der Waals surface area (Å²) >= 11 is 0. The predicted octanol–water partition coefficient (Wildman–Crippen LogP) is 3.20. The molecular formula is C20H27N3O. The van der Waals surface area contributed by atoms with Gasteiger partial charge in [-0.3, -0.25) is 0 Å². The van der Waals surface area contributed by atoms with Gasteiger partial charge < -0.3 is 20.2 Å². The lowest BCUT2D eigenvalue weighted by molar-refractivity contribution is 0.286. The number of unbranched alkanes of at least 4 members (excludes halogenated alkanes) is 1. The molecule has 4 heteroatoms. The van der Waals surface area contributed by atoms with Gasteiger partial charge in [0, 0.05) is 56.4 Å². The number of rotatable bonds is 7. The number of aliphatic hydroxyl groups is 1. The highest BCUT2D eigenvalue weighted by Crippen LogP contribution is 2.22. The molecule has 0 spiro atoms. The summed E-state index contributed by atoms with van der Waals surface area (Å²) in [7, 11) is 0. The third-order valence-corrected chi connectivity index (χ3v) is 4.55. The van der Waals surface area contributed by atoms with E-state index >= 15 is 0 Å². The van der Waals surface area contributed by atoms with Crippen LogP contribution < -0.4 is 15.1 Å². The van der Waals surface area contributed by atoms with Gasteiger partial charge in [0.15, 0.2) is 0 Å². The molecule has 2 aromatic rings. The van der Waals surface area contributed by atoms with Crippen LogP contribution in [0.25, 0.3) is 0 Å². The highest BCUT2D eigenvalue weighted by atomic mass is 16.2. The minimum absolute atomic E-state index is 0.273. The first-order valence-electron chi connectivity index (χ1n) is 8.86. The van der Waals surface area contributed by atoms with Crippen molar-refractivity contribution in [2.45, 2.75) is 12.8 Å². The summed E-state index contributed by atoms with van der Waals surface area (Å²) in [6.07, 6.45) is 1.86. The molecule has 0 bridgehead atoms. The Labute approximate surface area is 144 Å². The van der Waals surface area contributed by atoms with Crippen LogP contribution in [-0.2, 0) is 0 Å². The summed E-state index contributed by atoms with van der Waals surface area (Å²) in [5, 5.41) is 12.2. The maximum atomic E-state index is 8.80. The van der Waals surface area contributed by atoms with Crippen molar-refractivity contribution >= 4 is 17.1 Å². The standard InChI is InChI=1S/C20H27N3O/c24-17-5-4-12-21-18-8-10-20(11-9-18)23-15-13-22(14-16-23)19-6-2-1-3-7-19/h1-3,6-11,21,24H,4-5,12-17H2. The molecule has 0 radical (unpaired) electrons. The third-order valence-electron chi connectivity index (χ3n) is 4.55. The van der Waals surface area contributed by atoms with Gasteiger partial charge in [-0.2, -0.15) is 0 Å². The number of benzene rings is 2. The fraction of sp³-hybridized carbons (Fsp3) is 0.400. The van der Waals surface area contributed by atoms with Crippen molar-refractivity contribution in [1.29, 1.82) is 0 Å². The van der Waals surface area contributed by atoms with E-state index in [2.05, 4.69) is 69.7 Å². The van der Waals surface area contributed by atoms with E-state index in [0.29, 0.717) is 0 Å². The van der Waals surface area contributed by atoms with Crippen LogP contribution in [0.1, 0.15) is 12.8 Å². The smallest absolute Gasteiger partial charge is 0.0431 e. The molecule has 0 saturated carbocycles. The predicted molar refractivity (Wildman–Crippen MR) is 102 cm³/mol. The van der Waals surface area contributed by atoms with Crippen LogP contribution in [0.4, 0.5) is 17.1 Å². The van der Waals surface area contributed by atoms with Gasteiger partial charge in [-0.05, 0) is 49.2 Å². The van der Waals surface area contributed by atoms with Crippen molar-refractivity contribution in [2.24, 2.45) is 0 Å². The normalized spacial score (nSPS) is 14.7. The summed E-state index contributed by atoms with van der Waals surface area (Å²) in [5.74, 6) is 0. The number of nitrogens with zero attached hydrogens (tertiary/aromatic N) is 2. The molecule has 24 heavy (non-hydrogen) atoms. The first-order valence-corrected chi connectivity index (χ1v) is 8.86. The molecule has 0 aliphatic carbocycles. The van der Waals surface area contributed by atoms with Crippen molar-refractivity contribution in [3.8, 4) is 0 Å². The van der Waals surface area contributed by atoms with Gasteiger partial charge in [-0.1, -0.05) is 18.2 Å². The SMILES string of the molecule is OCCCCNc1ccc(N2CCN(c3ccccc3)CC2)cc1. The van der Waals surface area contributed by atoms with Crippen molar-refractivity contribution in [3.63, 3.8) is 0 Å². The van der Waals surface area contributed by atoms with Crippen molar-refractivity contribution < 1.29 is 5.11 Å². The molecule has 1 aliphatic heterocycles. The van der Waals surface area contributed by atoms with Crippen LogP contribution in [0.15, 0.2) is 54.6 Å². The van der Waals surface area contributed by atoms with Crippen LogP contribution in [-0.4, -0.2) is 44.4 Å². The Morgan fingerprint density at radius 2 is 1.33 bits per heavy atom. The van der Waals surface area contributed by atoms with E-state index in [1.54, 1.807) is 0 Å². The summed E-state index contributed by atoms with van der Waals surface area (Å²) in [6.45, 7) is 5.41. The van der Waals surface area contributed by atoms with Crippen molar-refractivity contribution in [1.82, 2.24) is 0 Å². The molecule has 1 saturated heterocycles. The van der Waals surface area contributed by atoms with E-state index in [1.807, 2.05) is 0 Å². The first kappa shape index (κ1) is 16.7. The van der Waals surface area contributed by atoms with E-state index < -0.39 is 0 Å². The van der Waals surface area contributed by atoms with Crippen LogP contribution in [0.2, 0.25) is 0 Å². The van der Waals surface area contributed by atoms with E-state index in [-0.39, 0.29) is 6.61 Å². The zero-order chi connectivity index (χ0) is 16.6. The molecule has 2 aromatic carbocycles. The number of hydrogen-bond acceptors (Lipinski definition) is 4. The van der Waals surface area contributed by atoms with E-state index in [9.17, 15) is 0 Å². The Hall–Kier alpha value is -2.20. The molecule has 0 aromatic heterocycles. The minimum Gasteiger partial charge on any atom is -0.396 e. The molecule has 0 unspecified atom stereocenters. The topological polar surface area (TPSA) is 38.7 Å². The molecule has 2 N–H and O–H groups in total. The number of piperazine rings is 1. The maximum Gasteiger partial charge on any atom is 0.0431 e. The lowest BCUT2D eigenvalue weighted by atomic mass is 10.2. The number of para-hydroxylation sites is 1. The Bertz CT molecular complexity index is 592. The molecule has 1 fully saturated rings. The fourth-order valence-electron chi connectivity index (χ4n) is 3.12. The van der Waals surface area contributed by atoms with Gasteiger partial charge in [-0.25, -0.2) is 0 Å². The largest absolute Gasteiger partial charge is 0.396 e. The molecule has 0 amide bonds. The second-order valence-corrected chi connectivity index (χ2v) is 6.21. The Kier molecular flexibility index (Phi) is 5.96. The van der Waals surface area contributed by atoms with Crippen LogP contribution in [0.3, 0.4) is 0 Å². The van der Waals surface area contributed by atoms with E-state index in [1.165, 1.54) is 11.4 Å². The zero-order valence-corrected chi connectivity index (χ0v) is 14.2. The van der Waals surface area contributed by atoms with Crippen molar-refractivity contribution in [2.75, 3.05) is 54.4 Å². The van der Waals surface area contributed by atoms with Crippen LogP contribution >= 0.6 is 0 Å². The number of aliphatic hydroxyl groups excluding tert-OH is 1. The van der Waals surface area contributed by atoms with Gasteiger partial charge in [0.25, 0.3) is 0 Å². The Balaban J connectivity index is 1.49. The Morgan fingerprint density at radius 1 is 0.750 bits per heavy atom. The zero-order valence-electron chi connectivity index (χ0n) is 14.2. The second kappa shape index (κ2) is 8.60. The molecule has 1 heterocycles. The van der Waals surface area contributed by atoms with Gasteiger partial charge in [-0.15, -0.1) is 0 Å². The average molecular weight is 325 g/mol. The molecule has 4 nitrogen and oxygen atoms in total. The molecule has 128 valence electrons. The maximum absolute atomic E-state index is 8.80. The van der Waals surface area contributed by atoms with E-state index in [0.717, 1.165) is 51.3 Å². The van der Waals surface area contributed by atoms with Crippen LogP contribution in [0.5, 0.6) is 0 Å². The number of nitrogens with one attached hydrogen (secondary N) is 1. The van der Waals surface area contributed by atoms with Gasteiger partial charge in [0.2, 0.25) is 0 Å². The van der Waals surface area contributed by atoms with Gasteiger partial charge >= 0.3 is 0 Å². The van der Waals surface area contributed by atoms with Gasteiger partial charge in [0.05, 0.1) is 0 Å². The lowest BCUT2D eigenvalue weighted by Crippen LogP contribution is -2.46. The molecule has 3 rings (SSSR count). The highest BCUT2D eigenvalue weighted by molar-refractivity contribution is 5.56. The van der Waals surface area contributed by atoms with Crippen LogP contribution in [0, 0.1) is 0 Å². The fourth-order valence-corrected chi connectivity index (χ4v) is 3.12. The van der Waals surface area contributed by atoms with E-state index in [4.69, 9.17) is 5.11 Å². The minimum atomic E-state index is 0.273. The summed E-state index contributed by atoms with van der Waals surface area (Å²) in [4.78, 5) is 4.91. The van der Waals surface area contributed by atoms with Gasteiger partial charge in [0.1, 0.15) is 0 Å². The highest BCUT2D eigenvalue weighted by Gasteiger charge is 2.17.